The van der Waals surface area contributed by atoms with Gasteiger partial charge in [0.1, 0.15) is 5.75 Å². The number of pyridine rings is 1. The van der Waals surface area contributed by atoms with Crippen molar-refractivity contribution in [1.82, 2.24) is 4.98 Å². The molecule has 0 atom stereocenters. The summed E-state index contributed by atoms with van der Waals surface area (Å²) in [5.41, 5.74) is 2.09. The lowest BCUT2D eigenvalue weighted by atomic mass is 10.1. The Hall–Kier alpha value is -1.44. The summed E-state index contributed by atoms with van der Waals surface area (Å²) in [4.78, 5) is 16.7. The van der Waals surface area contributed by atoms with Gasteiger partial charge in [0.15, 0.2) is 0 Å². The average Bonchev–Trinajstić information content (AvgIpc) is 2.88. The van der Waals surface area contributed by atoms with E-state index in [0.29, 0.717) is 22.2 Å². The van der Waals surface area contributed by atoms with Crippen LogP contribution in [0.3, 0.4) is 0 Å². The maximum absolute atomic E-state index is 11.1. The minimum absolute atomic E-state index is 0.310. The molecule has 0 amide bonds. The average molecular weight is 443 g/mol. The van der Waals surface area contributed by atoms with Crippen LogP contribution in [0.15, 0.2) is 38.6 Å². The first-order chi connectivity index (χ1) is 10.5. The number of halogens is 2. The fourth-order valence-electron chi connectivity index (χ4n) is 2.23. The number of aromatic nitrogens is 1. The molecular formula is C15H9Br2NO3S. The van der Waals surface area contributed by atoms with E-state index in [-0.39, 0.29) is 0 Å². The number of benzene rings is 1. The van der Waals surface area contributed by atoms with Crippen LogP contribution < -0.4 is 4.74 Å². The lowest BCUT2D eigenvalue weighted by Gasteiger charge is -2.13. The van der Waals surface area contributed by atoms with E-state index in [4.69, 9.17) is 9.84 Å². The second kappa shape index (κ2) is 5.98. The maximum atomic E-state index is 11.1. The van der Waals surface area contributed by atoms with Crippen molar-refractivity contribution < 1.29 is 14.6 Å². The van der Waals surface area contributed by atoms with Crippen LogP contribution in [0, 0.1) is 6.92 Å². The summed E-state index contributed by atoms with van der Waals surface area (Å²) in [6.45, 7) is 1.81. The molecule has 0 saturated carbocycles. The Morgan fingerprint density at radius 2 is 2.05 bits per heavy atom. The maximum Gasteiger partial charge on any atom is 0.511 e. The van der Waals surface area contributed by atoms with Gasteiger partial charge in [0.25, 0.3) is 0 Å². The van der Waals surface area contributed by atoms with Crippen LogP contribution in [0.4, 0.5) is 4.79 Å². The van der Waals surface area contributed by atoms with Crippen LogP contribution in [0.1, 0.15) is 5.56 Å². The van der Waals surface area contributed by atoms with Crippen molar-refractivity contribution in [3.63, 3.8) is 0 Å². The Balaban J connectivity index is 2.36. The first-order valence-electron chi connectivity index (χ1n) is 6.22. The molecule has 22 heavy (non-hydrogen) atoms. The molecule has 3 rings (SSSR count). The van der Waals surface area contributed by atoms with Crippen LogP contribution >= 0.6 is 43.2 Å². The van der Waals surface area contributed by atoms with Crippen molar-refractivity contribution in [3.05, 3.63) is 44.2 Å². The molecule has 0 aliphatic rings. The summed E-state index contributed by atoms with van der Waals surface area (Å²) >= 11 is 8.41. The standard InChI is InChI=1S/C15H9Br2NO3S/c1-7-13(10-5-6-11(17)22-10)18-9-4-2-3-8(16)12(9)14(7)21-15(19)20/h2-6H,1H3,(H,19,20). The highest BCUT2D eigenvalue weighted by Gasteiger charge is 2.19. The third-order valence-electron chi connectivity index (χ3n) is 3.14. The molecule has 2 heterocycles. The number of rotatable bonds is 2. The van der Waals surface area contributed by atoms with Gasteiger partial charge in [-0.05, 0) is 63.0 Å². The van der Waals surface area contributed by atoms with Gasteiger partial charge in [-0.15, -0.1) is 11.3 Å². The molecule has 3 aromatic rings. The second-order valence-electron chi connectivity index (χ2n) is 4.52. The van der Waals surface area contributed by atoms with E-state index in [1.54, 1.807) is 0 Å². The molecule has 2 aromatic heterocycles. The fourth-order valence-corrected chi connectivity index (χ4v) is 4.20. The second-order valence-corrected chi connectivity index (χ2v) is 7.84. The van der Waals surface area contributed by atoms with Gasteiger partial charge in [-0.25, -0.2) is 9.78 Å². The molecule has 4 nitrogen and oxygen atoms in total. The third kappa shape index (κ3) is 2.76. The molecule has 0 radical (unpaired) electrons. The monoisotopic (exact) mass is 441 g/mol. The highest BCUT2D eigenvalue weighted by molar-refractivity contribution is 9.11. The Labute approximate surface area is 147 Å². The van der Waals surface area contributed by atoms with Gasteiger partial charge in [-0.3, -0.25) is 0 Å². The largest absolute Gasteiger partial charge is 0.511 e. The molecule has 0 aliphatic carbocycles. The first kappa shape index (κ1) is 15.5. The molecule has 0 saturated heterocycles. The molecule has 0 bridgehead atoms. The number of carboxylic acid groups (broad SMARTS) is 1. The highest BCUT2D eigenvalue weighted by Crippen LogP contribution is 2.41. The Morgan fingerprint density at radius 3 is 2.68 bits per heavy atom. The van der Waals surface area contributed by atoms with E-state index in [2.05, 4.69) is 36.8 Å². The summed E-state index contributed by atoms with van der Waals surface area (Å²) < 4.78 is 6.78. The van der Waals surface area contributed by atoms with Crippen molar-refractivity contribution >= 4 is 60.3 Å². The smallest absolute Gasteiger partial charge is 0.449 e. The Kier molecular flexibility index (Phi) is 4.20. The van der Waals surface area contributed by atoms with Crippen LogP contribution in [-0.2, 0) is 0 Å². The topological polar surface area (TPSA) is 59.4 Å². The lowest BCUT2D eigenvalue weighted by molar-refractivity contribution is 0.144. The molecule has 0 aliphatic heterocycles. The summed E-state index contributed by atoms with van der Waals surface area (Å²) in [6.07, 6.45) is -1.34. The van der Waals surface area contributed by atoms with Crippen LogP contribution in [0.5, 0.6) is 5.75 Å². The number of nitrogens with zero attached hydrogens (tertiary/aromatic N) is 1. The van der Waals surface area contributed by atoms with E-state index >= 15 is 0 Å². The highest BCUT2D eigenvalue weighted by atomic mass is 79.9. The van der Waals surface area contributed by atoms with Crippen molar-refractivity contribution in [3.8, 4) is 16.3 Å². The fraction of sp³-hybridized carbons (Fsp3) is 0.0667. The minimum Gasteiger partial charge on any atom is -0.449 e. The molecule has 1 aromatic carbocycles. The van der Waals surface area contributed by atoms with Crippen LogP contribution in [0.25, 0.3) is 21.5 Å². The van der Waals surface area contributed by atoms with Gasteiger partial charge in [0.05, 0.1) is 25.3 Å². The minimum atomic E-state index is -1.34. The lowest BCUT2D eigenvalue weighted by Crippen LogP contribution is -2.06. The quantitative estimate of drug-likeness (QED) is 0.505. The summed E-state index contributed by atoms with van der Waals surface area (Å²) in [5.74, 6) is 0.310. The van der Waals surface area contributed by atoms with Gasteiger partial charge in [0, 0.05) is 10.0 Å². The van der Waals surface area contributed by atoms with Crippen molar-refractivity contribution in [2.24, 2.45) is 0 Å². The predicted octanol–water partition coefficient (Wildman–Crippen LogP) is 5.85. The van der Waals surface area contributed by atoms with E-state index in [0.717, 1.165) is 18.8 Å². The normalized spacial score (nSPS) is 10.9. The zero-order chi connectivity index (χ0) is 15.9. The molecular weight excluding hydrogens is 434 g/mol. The van der Waals surface area contributed by atoms with Gasteiger partial charge in [-0.1, -0.05) is 6.07 Å². The van der Waals surface area contributed by atoms with Crippen LogP contribution in [0.2, 0.25) is 0 Å². The zero-order valence-corrected chi connectivity index (χ0v) is 15.3. The molecule has 7 heteroatoms. The summed E-state index contributed by atoms with van der Waals surface area (Å²) in [5, 5.41) is 9.70. The van der Waals surface area contributed by atoms with Crippen molar-refractivity contribution in [2.75, 3.05) is 0 Å². The SMILES string of the molecule is Cc1c(-c2ccc(Br)s2)nc2cccc(Br)c2c1OC(=O)O. The summed E-state index contributed by atoms with van der Waals surface area (Å²) in [6, 6.07) is 9.40. The number of carbonyl (C=O) groups is 1. The number of ether oxygens (including phenoxy) is 1. The first-order valence-corrected chi connectivity index (χ1v) is 8.63. The Morgan fingerprint density at radius 1 is 1.27 bits per heavy atom. The number of fused-ring (bicyclic) bond motifs is 1. The number of hydrogen-bond donors (Lipinski definition) is 1. The van der Waals surface area contributed by atoms with Gasteiger partial charge >= 0.3 is 6.16 Å². The predicted molar refractivity (Wildman–Crippen MR) is 93.8 cm³/mol. The number of hydrogen-bond acceptors (Lipinski definition) is 4. The molecule has 0 fully saturated rings. The molecule has 1 N–H and O–H groups in total. The summed E-state index contributed by atoms with van der Waals surface area (Å²) in [7, 11) is 0. The molecule has 112 valence electrons. The van der Waals surface area contributed by atoms with Crippen molar-refractivity contribution in [2.45, 2.75) is 6.92 Å². The van der Waals surface area contributed by atoms with Gasteiger partial charge in [-0.2, -0.15) is 0 Å². The van der Waals surface area contributed by atoms with E-state index < -0.39 is 6.16 Å². The molecule has 0 unspecified atom stereocenters. The van der Waals surface area contributed by atoms with Gasteiger partial charge < -0.3 is 9.84 Å². The van der Waals surface area contributed by atoms with Crippen LogP contribution in [-0.4, -0.2) is 16.2 Å². The zero-order valence-electron chi connectivity index (χ0n) is 11.3. The van der Waals surface area contributed by atoms with Crippen molar-refractivity contribution in [1.29, 1.82) is 0 Å². The van der Waals surface area contributed by atoms with E-state index in [1.165, 1.54) is 11.3 Å². The van der Waals surface area contributed by atoms with E-state index in [9.17, 15) is 4.79 Å². The number of thiophene rings is 1. The van der Waals surface area contributed by atoms with E-state index in [1.807, 2.05) is 37.3 Å². The Bertz CT molecular complexity index is 892. The van der Waals surface area contributed by atoms with Gasteiger partial charge in [0.2, 0.25) is 0 Å². The third-order valence-corrected chi connectivity index (χ3v) is 5.43. The molecule has 0 spiro atoms.